The molecule has 0 aliphatic carbocycles. The van der Waals surface area contributed by atoms with Crippen molar-refractivity contribution in [3.8, 4) is 11.4 Å². The van der Waals surface area contributed by atoms with Gasteiger partial charge in [-0.25, -0.2) is 9.67 Å². The lowest BCUT2D eigenvalue weighted by Crippen LogP contribution is -1.94. The molecule has 1 aromatic heterocycles. The molecule has 0 aliphatic rings. The number of aromatic hydroxyl groups is 1. The number of halogens is 2. The standard InChI is InChI=1S/C8H4Cl2N3O/c9-6-1-5(2-7(10)8(6)14)13-4-11-3-12-13/h1-2,4,14H. The van der Waals surface area contributed by atoms with Crippen molar-refractivity contribution < 1.29 is 5.11 Å². The van der Waals surface area contributed by atoms with Crippen LogP contribution < -0.4 is 0 Å². The Kier molecular flexibility index (Phi) is 2.31. The molecule has 1 N–H and O–H groups in total. The third-order valence-corrected chi connectivity index (χ3v) is 2.22. The number of hydrogen-bond donors (Lipinski definition) is 1. The maximum Gasteiger partial charge on any atom is 0.221 e. The van der Waals surface area contributed by atoms with Crippen molar-refractivity contribution in [3.05, 3.63) is 34.8 Å². The van der Waals surface area contributed by atoms with Crippen LogP contribution in [0.5, 0.6) is 5.75 Å². The lowest BCUT2D eigenvalue weighted by molar-refractivity contribution is 0.475. The summed E-state index contributed by atoms with van der Waals surface area (Å²) < 4.78 is 1.44. The van der Waals surface area contributed by atoms with E-state index in [1.165, 1.54) is 23.1 Å². The normalized spacial score (nSPS) is 10.4. The number of hydrogen-bond acceptors (Lipinski definition) is 3. The molecule has 14 heavy (non-hydrogen) atoms. The van der Waals surface area contributed by atoms with Gasteiger partial charge in [-0.2, -0.15) is 0 Å². The summed E-state index contributed by atoms with van der Waals surface area (Å²) in [5, 5.41) is 13.4. The fraction of sp³-hybridized carbons (Fsp3) is 0. The maximum atomic E-state index is 9.31. The molecule has 1 aromatic carbocycles. The molecule has 0 spiro atoms. The van der Waals surface area contributed by atoms with Crippen LogP contribution in [0.3, 0.4) is 0 Å². The van der Waals surface area contributed by atoms with E-state index in [-0.39, 0.29) is 15.8 Å². The molecular weight excluding hydrogens is 225 g/mol. The van der Waals surface area contributed by atoms with Crippen LogP contribution in [0, 0.1) is 6.33 Å². The van der Waals surface area contributed by atoms with Crippen LogP contribution in [0.1, 0.15) is 0 Å². The van der Waals surface area contributed by atoms with Gasteiger partial charge in [-0.3, -0.25) is 0 Å². The van der Waals surface area contributed by atoms with Crippen molar-refractivity contribution >= 4 is 23.2 Å². The fourth-order valence-corrected chi connectivity index (χ4v) is 1.46. The van der Waals surface area contributed by atoms with Crippen molar-refractivity contribution in [1.29, 1.82) is 0 Å². The predicted octanol–water partition coefficient (Wildman–Crippen LogP) is 2.08. The Morgan fingerprint density at radius 2 is 1.93 bits per heavy atom. The monoisotopic (exact) mass is 228 g/mol. The minimum absolute atomic E-state index is 0.138. The van der Waals surface area contributed by atoms with E-state index < -0.39 is 0 Å². The van der Waals surface area contributed by atoms with Gasteiger partial charge in [-0.1, -0.05) is 23.2 Å². The largest absolute Gasteiger partial charge is 0.505 e. The first-order valence-electron chi connectivity index (χ1n) is 3.64. The number of nitrogens with zero attached hydrogens (tertiary/aromatic N) is 3. The van der Waals surface area contributed by atoms with Crippen molar-refractivity contribution in [2.45, 2.75) is 0 Å². The molecule has 0 saturated carbocycles. The van der Waals surface area contributed by atoms with E-state index in [1.807, 2.05) is 0 Å². The molecule has 0 atom stereocenters. The number of rotatable bonds is 1. The van der Waals surface area contributed by atoms with Crippen molar-refractivity contribution in [1.82, 2.24) is 14.8 Å². The van der Waals surface area contributed by atoms with Crippen LogP contribution in [-0.4, -0.2) is 19.9 Å². The highest BCUT2D eigenvalue weighted by atomic mass is 35.5. The maximum absolute atomic E-state index is 9.31. The molecule has 0 bridgehead atoms. The van der Waals surface area contributed by atoms with E-state index in [0.29, 0.717) is 5.69 Å². The van der Waals surface area contributed by atoms with E-state index in [2.05, 4.69) is 16.4 Å². The fourth-order valence-electron chi connectivity index (χ4n) is 0.989. The van der Waals surface area contributed by atoms with Crippen molar-refractivity contribution in [3.63, 3.8) is 0 Å². The summed E-state index contributed by atoms with van der Waals surface area (Å²) in [4.78, 5) is 3.66. The molecule has 0 saturated heterocycles. The SMILES string of the molecule is Oc1c(Cl)cc(-n2cn[c]n2)cc1Cl. The van der Waals surface area contributed by atoms with E-state index >= 15 is 0 Å². The van der Waals surface area contributed by atoms with Gasteiger partial charge in [-0.15, -0.1) is 5.10 Å². The van der Waals surface area contributed by atoms with Gasteiger partial charge >= 0.3 is 0 Å². The quantitative estimate of drug-likeness (QED) is 0.814. The number of phenolic OH excluding ortho intramolecular Hbond substituents is 1. The summed E-state index contributed by atoms with van der Waals surface area (Å²) in [5.74, 6) is -0.138. The van der Waals surface area contributed by atoms with Gasteiger partial charge in [0.2, 0.25) is 6.33 Å². The molecule has 0 fully saturated rings. The molecule has 0 aliphatic heterocycles. The van der Waals surface area contributed by atoms with Crippen molar-refractivity contribution in [2.24, 2.45) is 0 Å². The number of aromatic nitrogens is 3. The highest BCUT2D eigenvalue weighted by Gasteiger charge is 2.07. The zero-order valence-corrected chi connectivity index (χ0v) is 8.29. The zero-order chi connectivity index (χ0) is 10.1. The molecule has 4 nitrogen and oxygen atoms in total. The molecule has 2 rings (SSSR count). The molecule has 71 valence electrons. The molecule has 2 aromatic rings. The van der Waals surface area contributed by atoms with Gasteiger partial charge in [0, 0.05) is 0 Å². The van der Waals surface area contributed by atoms with E-state index in [9.17, 15) is 5.11 Å². The van der Waals surface area contributed by atoms with Crippen LogP contribution in [-0.2, 0) is 0 Å². The Morgan fingerprint density at radius 3 is 2.43 bits per heavy atom. The smallest absolute Gasteiger partial charge is 0.221 e. The first kappa shape index (κ1) is 9.30. The van der Waals surface area contributed by atoms with Crippen molar-refractivity contribution in [2.75, 3.05) is 0 Å². The van der Waals surface area contributed by atoms with Gasteiger partial charge in [0.1, 0.15) is 6.33 Å². The summed E-state index contributed by atoms with van der Waals surface area (Å²) >= 11 is 11.5. The second-order valence-electron chi connectivity index (χ2n) is 2.55. The van der Waals surface area contributed by atoms with Crippen LogP contribution in [0.15, 0.2) is 18.5 Å². The van der Waals surface area contributed by atoms with E-state index in [1.54, 1.807) is 0 Å². The second-order valence-corrected chi connectivity index (χ2v) is 3.36. The Hall–Kier alpha value is -1.26. The van der Waals surface area contributed by atoms with Crippen LogP contribution in [0.4, 0.5) is 0 Å². The molecule has 0 amide bonds. The average molecular weight is 229 g/mol. The van der Waals surface area contributed by atoms with Gasteiger partial charge in [0.15, 0.2) is 5.75 Å². The summed E-state index contributed by atoms with van der Waals surface area (Å²) in [6.07, 6.45) is 3.85. The number of benzene rings is 1. The zero-order valence-electron chi connectivity index (χ0n) is 6.78. The molecule has 1 heterocycles. The lowest BCUT2D eigenvalue weighted by atomic mass is 10.3. The summed E-state index contributed by atoms with van der Waals surface area (Å²) in [7, 11) is 0. The molecular formula is C8H4Cl2N3O. The van der Waals surface area contributed by atoms with Gasteiger partial charge in [-0.05, 0) is 12.1 Å². The van der Waals surface area contributed by atoms with Crippen LogP contribution >= 0.6 is 23.2 Å². The Morgan fingerprint density at radius 1 is 1.29 bits per heavy atom. The first-order chi connectivity index (χ1) is 6.68. The summed E-state index contributed by atoms with van der Waals surface area (Å²) in [6, 6.07) is 3.07. The van der Waals surface area contributed by atoms with E-state index in [4.69, 9.17) is 23.2 Å². The van der Waals surface area contributed by atoms with Crippen LogP contribution in [0.25, 0.3) is 5.69 Å². The average Bonchev–Trinajstić information content (AvgIpc) is 2.66. The predicted molar refractivity (Wildman–Crippen MR) is 51.9 cm³/mol. The second kappa shape index (κ2) is 3.48. The Labute approximate surface area is 89.7 Å². The third kappa shape index (κ3) is 1.54. The molecule has 6 heteroatoms. The first-order valence-corrected chi connectivity index (χ1v) is 4.40. The number of phenols is 1. The summed E-state index contributed by atoms with van der Waals surface area (Å²) in [5.41, 5.74) is 0.617. The molecule has 0 unspecified atom stereocenters. The van der Waals surface area contributed by atoms with Crippen LogP contribution in [0.2, 0.25) is 10.0 Å². The summed E-state index contributed by atoms with van der Waals surface area (Å²) in [6.45, 7) is 0. The van der Waals surface area contributed by atoms with Gasteiger partial charge in [0.05, 0.1) is 15.7 Å². The van der Waals surface area contributed by atoms with Gasteiger partial charge in [0.25, 0.3) is 0 Å². The molecule has 1 radical (unpaired) electrons. The lowest BCUT2D eigenvalue weighted by Gasteiger charge is -2.04. The minimum Gasteiger partial charge on any atom is -0.505 e. The Balaban J connectivity index is 2.57. The topological polar surface area (TPSA) is 50.9 Å². The Bertz CT molecular complexity index is 433. The van der Waals surface area contributed by atoms with Gasteiger partial charge < -0.3 is 5.11 Å². The highest BCUT2D eigenvalue weighted by Crippen LogP contribution is 2.33. The minimum atomic E-state index is -0.138. The van der Waals surface area contributed by atoms with E-state index in [0.717, 1.165) is 0 Å². The highest BCUT2D eigenvalue weighted by molar-refractivity contribution is 6.37. The third-order valence-electron chi connectivity index (χ3n) is 1.64.